The Balaban J connectivity index is 1.35. The molecule has 184 valence electrons. The first-order valence-corrected chi connectivity index (χ1v) is 13.1. The zero-order valence-electron chi connectivity index (χ0n) is 21.2. The number of anilines is 9. The molecule has 8 rings (SSSR count). The van der Waals surface area contributed by atoms with Gasteiger partial charge >= 0.3 is 15.1 Å². The van der Waals surface area contributed by atoms with Crippen LogP contribution in [-0.4, -0.2) is 38.2 Å². The van der Waals surface area contributed by atoms with E-state index >= 15 is 0 Å². The van der Waals surface area contributed by atoms with Crippen LogP contribution in [0.5, 0.6) is 0 Å². The van der Waals surface area contributed by atoms with E-state index in [4.69, 9.17) is 9.97 Å². The summed E-state index contributed by atoms with van der Waals surface area (Å²) in [6.45, 7) is 1.63. The number of fused-ring (bicyclic) bond motifs is 16. The summed E-state index contributed by atoms with van der Waals surface area (Å²) in [5, 5.41) is 0. The highest BCUT2D eigenvalue weighted by molar-refractivity contribution is 6.54. The van der Waals surface area contributed by atoms with Gasteiger partial charge in [0, 0.05) is 30.2 Å². The SMILES string of the molecule is [B]1N2CCN3[B]N(c4cccc(n4)N(c4ccccc4)c4cccc(n4)N1c1ccccc12)c1ccccc13. The van der Waals surface area contributed by atoms with Crippen LogP contribution >= 0.6 is 0 Å². The number of rotatable bonds is 1. The van der Waals surface area contributed by atoms with Crippen molar-refractivity contribution in [2.24, 2.45) is 0 Å². The van der Waals surface area contributed by atoms with Gasteiger partial charge in [-0.15, -0.1) is 0 Å². The molecule has 0 saturated heterocycles. The highest BCUT2D eigenvalue weighted by Crippen LogP contribution is 2.43. The van der Waals surface area contributed by atoms with Crippen molar-refractivity contribution in [1.29, 1.82) is 0 Å². The van der Waals surface area contributed by atoms with Gasteiger partial charge in [-0.1, -0.05) is 54.6 Å². The lowest BCUT2D eigenvalue weighted by molar-refractivity contribution is 0.955. The Kier molecular flexibility index (Phi) is 5.01. The third kappa shape index (κ3) is 3.61. The normalized spacial score (nSPS) is 15.1. The lowest BCUT2D eigenvalue weighted by atomic mass is 10.1. The van der Waals surface area contributed by atoms with Gasteiger partial charge in [0.05, 0.1) is 11.4 Å². The Morgan fingerprint density at radius 1 is 0.436 bits per heavy atom. The summed E-state index contributed by atoms with van der Waals surface area (Å²) >= 11 is 0. The number of hydrogen-bond acceptors (Lipinski definition) is 7. The molecule has 2 aromatic heterocycles. The fourth-order valence-corrected chi connectivity index (χ4v) is 5.59. The quantitative estimate of drug-likeness (QED) is 0.262. The van der Waals surface area contributed by atoms with E-state index in [-0.39, 0.29) is 0 Å². The molecule has 0 saturated carbocycles. The van der Waals surface area contributed by atoms with Gasteiger partial charge in [-0.25, -0.2) is 9.97 Å². The summed E-state index contributed by atoms with van der Waals surface area (Å²) in [4.78, 5) is 21.5. The zero-order valence-corrected chi connectivity index (χ0v) is 21.2. The molecule has 0 amide bonds. The molecule has 0 N–H and O–H groups in total. The van der Waals surface area contributed by atoms with E-state index in [9.17, 15) is 0 Å². The van der Waals surface area contributed by atoms with Crippen molar-refractivity contribution in [2.45, 2.75) is 0 Å². The first-order valence-electron chi connectivity index (χ1n) is 13.1. The van der Waals surface area contributed by atoms with Gasteiger partial charge in [-0.3, -0.25) is 4.90 Å². The van der Waals surface area contributed by atoms with Crippen molar-refractivity contribution in [3.05, 3.63) is 115 Å². The molecule has 0 aliphatic carbocycles. The lowest BCUT2D eigenvalue weighted by Gasteiger charge is -2.26. The van der Waals surface area contributed by atoms with E-state index in [1.165, 1.54) is 11.4 Å². The Morgan fingerprint density at radius 3 is 1.38 bits per heavy atom. The van der Waals surface area contributed by atoms with Gasteiger partial charge in [0.1, 0.15) is 23.3 Å². The molecule has 2 radical (unpaired) electrons. The molecule has 5 heterocycles. The second kappa shape index (κ2) is 8.84. The summed E-state index contributed by atoms with van der Waals surface area (Å²) in [6.07, 6.45) is 0. The van der Waals surface area contributed by atoms with Crippen LogP contribution in [0.15, 0.2) is 115 Å². The number of benzene rings is 3. The molecule has 3 aliphatic heterocycles. The highest BCUT2D eigenvalue weighted by Gasteiger charge is 2.34. The molecular weight excluding hydrogens is 480 g/mol. The van der Waals surface area contributed by atoms with Crippen LogP contribution in [0.1, 0.15) is 0 Å². The van der Waals surface area contributed by atoms with Crippen LogP contribution in [-0.2, 0) is 0 Å². The summed E-state index contributed by atoms with van der Waals surface area (Å²) in [7, 11) is 4.34. The summed E-state index contributed by atoms with van der Waals surface area (Å²) in [5.41, 5.74) is 5.58. The van der Waals surface area contributed by atoms with Gasteiger partial charge in [-0.05, 0) is 60.7 Å². The molecule has 0 spiro atoms. The Morgan fingerprint density at radius 2 is 0.872 bits per heavy atom. The van der Waals surface area contributed by atoms with E-state index in [1.54, 1.807) is 0 Å². The summed E-state index contributed by atoms with van der Waals surface area (Å²) in [6, 6.07) is 39.7. The van der Waals surface area contributed by atoms with Crippen LogP contribution in [0.4, 0.5) is 51.7 Å². The van der Waals surface area contributed by atoms with Crippen molar-refractivity contribution >= 4 is 66.8 Å². The van der Waals surface area contributed by atoms with Crippen molar-refractivity contribution in [3.63, 3.8) is 0 Å². The van der Waals surface area contributed by atoms with Crippen LogP contribution < -0.4 is 24.1 Å². The van der Waals surface area contributed by atoms with E-state index in [0.29, 0.717) is 0 Å². The minimum absolute atomic E-state index is 0.801. The zero-order chi connectivity index (χ0) is 25.8. The van der Waals surface area contributed by atoms with Gasteiger partial charge in [-0.2, -0.15) is 0 Å². The van der Waals surface area contributed by atoms with Gasteiger partial charge in [0.2, 0.25) is 0 Å². The smallest absolute Gasteiger partial charge is 0.395 e. The van der Waals surface area contributed by atoms with Crippen LogP contribution in [0, 0.1) is 0 Å². The fraction of sp³-hybridized carbons (Fsp3) is 0.0667. The molecule has 7 nitrogen and oxygen atoms in total. The van der Waals surface area contributed by atoms with Gasteiger partial charge in [0.15, 0.2) is 0 Å². The van der Waals surface area contributed by atoms with Crippen molar-refractivity contribution in [1.82, 2.24) is 9.97 Å². The Hall–Kier alpha value is -4.91. The number of para-hydroxylation sites is 5. The summed E-state index contributed by atoms with van der Waals surface area (Å²) in [5.74, 6) is 3.32. The maximum Gasteiger partial charge on any atom is 0.397 e. The van der Waals surface area contributed by atoms with Crippen molar-refractivity contribution in [3.8, 4) is 0 Å². The molecular formula is C30H23B2N7. The predicted octanol–water partition coefficient (Wildman–Crippen LogP) is 5.94. The van der Waals surface area contributed by atoms with Crippen LogP contribution in [0.25, 0.3) is 0 Å². The molecule has 3 aromatic carbocycles. The minimum Gasteiger partial charge on any atom is -0.395 e. The van der Waals surface area contributed by atoms with Crippen molar-refractivity contribution in [2.75, 3.05) is 37.2 Å². The molecule has 39 heavy (non-hydrogen) atoms. The number of nitrogens with zero attached hydrogens (tertiary/aromatic N) is 7. The predicted molar refractivity (Wildman–Crippen MR) is 160 cm³/mol. The average Bonchev–Trinajstić information content (AvgIpc) is 3.56. The van der Waals surface area contributed by atoms with E-state index in [2.05, 4.69) is 124 Å². The monoisotopic (exact) mass is 503 g/mol. The largest absolute Gasteiger partial charge is 0.397 e. The average molecular weight is 503 g/mol. The third-order valence-electron chi connectivity index (χ3n) is 7.40. The van der Waals surface area contributed by atoms with Crippen molar-refractivity contribution < 1.29 is 0 Å². The molecule has 8 bridgehead atoms. The van der Waals surface area contributed by atoms with Crippen LogP contribution in [0.3, 0.4) is 0 Å². The second-order valence-corrected chi connectivity index (χ2v) is 9.71. The maximum absolute atomic E-state index is 5.18. The van der Waals surface area contributed by atoms with E-state index < -0.39 is 0 Å². The topological polar surface area (TPSA) is 42.0 Å². The first kappa shape index (κ1) is 22.1. The number of pyridine rings is 2. The third-order valence-corrected chi connectivity index (χ3v) is 7.40. The Labute approximate surface area is 229 Å². The van der Waals surface area contributed by atoms with E-state index in [0.717, 1.165) is 53.4 Å². The molecule has 9 heteroatoms. The maximum atomic E-state index is 5.18. The molecule has 0 unspecified atom stereocenters. The fourth-order valence-electron chi connectivity index (χ4n) is 5.59. The molecule has 5 aromatic rings. The summed E-state index contributed by atoms with van der Waals surface area (Å²) < 4.78 is 0. The highest BCUT2D eigenvalue weighted by atomic mass is 15.4. The van der Waals surface area contributed by atoms with E-state index in [1.807, 2.05) is 30.3 Å². The first-order chi connectivity index (χ1) is 19.3. The molecule has 0 fully saturated rings. The Bertz CT molecular complexity index is 1580. The molecule has 0 atom stereocenters. The number of aromatic nitrogens is 2. The molecule has 3 aliphatic rings. The van der Waals surface area contributed by atoms with Crippen LogP contribution in [0.2, 0.25) is 0 Å². The van der Waals surface area contributed by atoms with Gasteiger partial charge in [0.25, 0.3) is 0 Å². The van der Waals surface area contributed by atoms with Gasteiger partial charge < -0.3 is 19.2 Å². The standard InChI is InChI=1S/C30H23B2N7/c1-2-10-22(11-3-1)37-27-16-8-18-29(33-27)38-25-14-6-4-12-23(25)35(31-38)20-21-36-24-13-5-7-15-26(24)39(32-36)30-19-9-17-28(37)34-30/h1-19H,20-21H2. The lowest BCUT2D eigenvalue weighted by Crippen LogP contribution is -2.41. The second-order valence-electron chi connectivity index (χ2n) is 9.71. The minimum atomic E-state index is 0.801. The number of hydrogen-bond donors (Lipinski definition) is 0.